The summed E-state index contributed by atoms with van der Waals surface area (Å²) in [5, 5.41) is 20.6. The molecule has 0 bridgehead atoms. The third-order valence-corrected chi connectivity index (χ3v) is 7.46. The minimum atomic E-state index is -4.52. The van der Waals surface area contributed by atoms with Crippen LogP contribution in [0, 0.1) is 17.0 Å². The molecule has 0 saturated carbocycles. The Balaban J connectivity index is 0.000000830. The Morgan fingerprint density at radius 1 is 1.04 bits per heavy atom. The number of nitrogens with zero attached hydrogens (tertiary/aromatic N) is 2. The van der Waals surface area contributed by atoms with Crippen LogP contribution in [0.25, 0.3) is 0 Å². The Morgan fingerprint density at radius 2 is 1.66 bits per heavy atom. The zero-order chi connectivity index (χ0) is 43.2. The monoisotopic (exact) mass is 875 g/mol. The number of carboxylic acids is 1. The number of aryl methyl sites for hydroxylation is 2. The standard InChI is InChI=1S/C15H11ClF3NO4.C14H20ClNO2.C3H8NO5P.C3H9S/c1-2-23-14-8-10(4-5-12(14)20(21)22)24-13-6-3-9(7-11(13)16)15(17,18)19;1-4-12-8-6-7-11(3)14(12)16(10-18-5-2)13(17)9-15;5-3(6)1-4-2-10(7,8)9;1-4(2)3/h3-8H,2H2,1H3;6-8H,4-5,9-10H2,1-3H3;4H,1-2H2,(H,5,6)(H2,7,8,9);1-3H3/q;;;+1/p-1. The number of carbonyl (C=O) groups excluding carboxylic acids is 1. The molecular formula is C35H47Cl2F3N3O11PS. The van der Waals surface area contributed by atoms with E-state index in [4.69, 9.17) is 47.4 Å². The lowest BCUT2D eigenvalue weighted by atomic mass is 10.0. The van der Waals surface area contributed by atoms with Gasteiger partial charge in [-0.2, -0.15) is 13.2 Å². The number of amides is 1. The third kappa shape index (κ3) is 21.1. The number of benzene rings is 3. The Kier molecular flexibility index (Phi) is 24.6. The van der Waals surface area contributed by atoms with Crippen molar-refractivity contribution in [3.8, 4) is 17.2 Å². The van der Waals surface area contributed by atoms with E-state index in [0.29, 0.717) is 17.5 Å². The largest absolute Gasteiger partial charge is 0.778 e. The van der Waals surface area contributed by atoms with Crippen LogP contribution in [0.2, 0.25) is 5.02 Å². The molecule has 21 heteroatoms. The van der Waals surface area contributed by atoms with Gasteiger partial charge in [-0.1, -0.05) is 36.7 Å². The number of hydrogen-bond donors (Lipinski definition) is 3. The highest BCUT2D eigenvalue weighted by Crippen LogP contribution is 2.38. The minimum absolute atomic E-state index is 0.0111. The van der Waals surface area contributed by atoms with E-state index in [2.05, 4.69) is 25.7 Å². The fourth-order valence-electron chi connectivity index (χ4n) is 4.08. The van der Waals surface area contributed by atoms with E-state index in [9.17, 15) is 42.3 Å². The molecule has 56 heavy (non-hydrogen) atoms. The van der Waals surface area contributed by atoms with E-state index in [0.717, 1.165) is 41.4 Å². The topological polar surface area (TPSA) is 201 Å². The molecule has 0 heterocycles. The molecular weight excluding hydrogens is 829 g/mol. The summed E-state index contributed by atoms with van der Waals surface area (Å²) in [5.74, 6) is -1.22. The van der Waals surface area contributed by atoms with E-state index < -0.39 is 43.1 Å². The molecule has 0 aliphatic heterocycles. The number of anilines is 1. The molecule has 0 aromatic heterocycles. The number of nitrogens with one attached hydrogen (secondary N) is 1. The van der Waals surface area contributed by atoms with Crippen LogP contribution in [0.5, 0.6) is 17.2 Å². The second-order valence-electron chi connectivity index (χ2n) is 11.4. The highest BCUT2D eigenvalue weighted by atomic mass is 35.5. The van der Waals surface area contributed by atoms with Crippen molar-refractivity contribution in [1.82, 2.24) is 5.32 Å². The zero-order valence-electron chi connectivity index (χ0n) is 31.9. The van der Waals surface area contributed by atoms with Crippen LogP contribution < -0.4 is 24.6 Å². The highest BCUT2D eigenvalue weighted by Gasteiger charge is 2.31. The normalized spacial score (nSPS) is 11.7. The molecule has 3 rings (SSSR count). The molecule has 314 valence electrons. The van der Waals surface area contributed by atoms with Crippen molar-refractivity contribution >= 4 is 64.9 Å². The fraction of sp³-hybridized carbons (Fsp3) is 0.429. The summed E-state index contributed by atoms with van der Waals surface area (Å²) >= 11 is 11.5. The lowest BCUT2D eigenvalue weighted by molar-refractivity contribution is -0.385. The first-order chi connectivity index (χ1) is 26.0. The van der Waals surface area contributed by atoms with Crippen molar-refractivity contribution in [2.24, 2.45) is 0 Å². The summed E-state index contributed by atoms with van der Waals surface area (Å²) in [6.07, 6.45) is 2.23. The Labute approximate surface area is 336 Å². The average Bonchev–Trinajstić information content (AvgIpc) is 3.09. The van der Waals surface area contributed by atoms with Crippen LogP contribution in [-0.2, 0) is 42.4 Å². The molecule has 1 atom stereocenters. The van der Waals surface area contributed by atoms with Crippen molar-refractivity contribution in [3.63, 3.8) is 0 Å². The number of carbonyl (C=O) groups is 2. The van der Waals surface area contributed by atoms with Gasteiger partial charge in [0.15, 0.2) is 0 Å². The van der Waals surface area contributed by atoms with Gasteiger partial charge < -0.3 is 33.7 Å². The molecule has 3 N–H and O–H groups in total. The second kappa shape index (κ2) is 26.3. The molecule has 0 aliphatic carbocycles. The Bertz CT molecular complexity index is 1750. The van der Waals surface area contributed by atoms with Gasteiger partial charge in [-0.05, 0) is 73.5 Å². The first kappa shape index (κ1) is 52.4. The lowest BCUT2D eigenvalue weighted by Crippen LogP contribution is -2.35. The minimum Gasteiger partial charge on any atom is -0.778 e. The lowest BCUT2D eigenvalue weighted by Gasteiger charge is -2.25. The van der Waals surface area contributed by atoms with Crippen LogP contribution in [0.3, 0.4) is 0 Å². The highest BCUT2D eigenvalue weighted by molar-refractivity contribution is 7.94. The number of hydrogen-bond acceptors (Lipinski definition) is 10. The molecule has 3 aromatic carbocycles. The molecule has 0 radical (unpaired) electrons. The van der Waals surface area contributed by atoms with Crippen molar-refractivity contribution in [1.29, 1.82) is 0 Å². The number of alkyl halides is 4. The van der Waals surface area contributed by atoms with Crippen LogP contribution in [0.15, 0.2) is 54.6 Å². The Hall–Kier alpha value is -3.61. The van der Waals surface area contributed by atoms with E-state index >= 15 is 0 Å². The average molecular weight is 877 g/mol. The van der Waals surface area contributed by atoms with E-state index in [-0.39, 0.29) is 53.1 Å². The number of nitro benzene ring substituents is 1. The summed E-state index contributed by atoms with van der Waals surface area (Å²) in [7, 11) is -3.71. The van der Waals surface area contributed by atoms with Crippen LogP contribution in [-0.4, -0.2) is 84.2 Å². The smallest absolute Gasteiger partial charge is 0.416 e. The molecule has 3 aromatic rings. The number of rotatable bonds is 15. The number of halogens is 5. The number of ether oxygens (including phenoxy) is 3. The van der Waals surface area contributed by atoms with Crippen molar-refractivity contribution < 1.29 is 61.4 Å². The van der Waals surface area contributed by atoms with Crippen LogP contribution in [0.4, 0.5) is 24.5 Å². The molecule has 0 saturated heterocycles. The number of nitro groups is 1. The quantitative estimate of drug-likeness (QED) is 0.0346. The summed E-state index contributed by atoms with van der Waals surface area (Å²) < 4.78 is 63.7. The Morgan fingerprint density at radius 3 is 2.12 bits per heavy atom. The first-order valence-corrected chi connectivity index (χ1v) is 21.6. The maximum atomic E-state index is 12.6. The van der Waals surface area contributed by atoms with Crippen molar-refractivity contribution in [2.45, 2.75) is 40.3 Å². The van der Waals surface area contributed by atoms with E-state index in [1.165, 1.54) is 18.2 Å². The van der Waals surface area contributed by atoms with Gasteiger partial charge in [0.2, 0.25) is 11.7 Å². The molecule has 14 nitrogen and oxygen atoms in total. The van der Waals surface area contributed by atoms with Gasteiger partial charge in [0.1, 0.15) is 31.7 Å². The molecule has 0 fully saturated rings. The van der Waals surface area contributed by atoms with Gasteiger partial charge in [0.05, 0.1) is 59.4 Å². The predicted molar refractivity (Wildman–Crippen MR) is 212 cm³/mol. The predicted octanol–water partition coefficient (Wildman–Crippen LogP) is 7.24. The van der Waals surface area contributed by atoms with E-state index in [1.54, 1.807) is 11.8 Å². The van der Waals surface area contributed by atoms with E-state index in [1.807, 2.05) is 37.4 Å². The maximum absolute atomic E-state index is 12.6. The van der Waals surface area contributed by atoms with Crippen molar-refractivity contribution in [2.75, 3.05) is 62.3 Å². The zero-order valence-corrected chi connectivity index (χ0v) is 35.1. The number of para-hydroxylation sites is 1. The van der Waals surface area contributed by atoms with Gasteiger partial charge in [0, 0.05) is 18.7 Å². The number of aliphatic carboxylic acids is 1. The SMILES string of the molecule is CCOCN(C(=O)CCl)c1c(C)cccc1CC.CCOc1cc(Oc2ccc(C(F)(F)F)cc2Cl)ccc1[N+](=O)[O-].C[S+](C)C.O=C(O)CNCP(=O)([O-])O. The van der Waals surface area contributed by atoms with Gasteiger partial charge in [-0.3, -0.25) is 29.9 Å². The summed E-state index contributed by atoms with van der Waals surface area (Å²) in [5.41, 5.74) is 1.97. The second-order valence-corrected chi connectivity index (χ2v) is 16.1. The van der Waals surface area contributed by atoms with Gasteiger partial charge in [-0.25, -0.2) is 0 Å². The molecule has 0 spiro atoms. The van der Waals surface area contributed by atoms with Gasteiger partial charge in [-0.15, -0.1) is 11.6 Å². The molecule has 1 amide bonds. The van der Waals surface area contributed by atoms with Gasteiger partial charge >= 0.3 is 17.8 Å². The van der Waals surface area contributed by atoms with Crippen LogP contribution >= 0.6 is 30.8 Å². The summed E-state index contributed by atoms with van der Waals surface area (Å²) in [6.45, 7) is 8.17. The molecule has 0 aliphatic rings. The van der Waals surface area contributed by atoms with Gasteiger partial charge in [0.25, 0.3) is 0 Å². The summed E-state index contributed by atoms with van der Waals surface area (Å²) in [4.78, 5) is 51.6. The third-order valence-electron chi connectivity index (χ3n) is 6.31. The van der Waals surface area contributed by atoms with Crippen molar-refractivity contribution in [3.05, 3.63) is 86.4 Å². The van der Waals surface area contributed by atoms with Crippen LogP contribution in [0.1, 0.15) is 37.5 Å². The first-order valence-electron chi connectivity index (χ1n) is 16.5. The fourth-order valence-corrected chi connectivity index (χ4v) is 4.84. The maximum Gasteiger partial charge on any atom is 0.416 e. The number of carboxylic acid groups (broad SMARTS) is 1. The molecule has 1 unspecified atom stereocenters. The summed E-state index contributed by atoms with van der Waals surface area (Å²) in [6, 6.07) is 12.4.